The summed E-state index contributed by atoms with van der Waals surface area (Å²) in [5.74, 6) is 0.627. The molecule has 1 fully saturated rings. The molecule has 110 valence electrons. The second-order valence-corrected chi connectivity index (χ2v) is 6.23. The predicted molar refractivity (Wildman–Crippen MR) is 83.7 cm³/mol. The SMILES string of the molecule is CC(C)c1ccc2c(c1)CCN2CCN1CCOCC1. The second kappa shape index (κ2) is 6.15. The highest BCUT2D eigenvalue weighted by Crippen LogP contribution is 2.30. The fraction of sp³-hybridized carbons (Fsp3) is 0.647. The van der Waals surface area contributed by atoms with E-state index in [2.05, 4.69) is 41.8 Å². The van der Waals surface area contributed by atoms with Crippen LogP contribution in [0.15, 0.2) is 18.2 Å². The molecule has 1 aromatic rings. The molecular weight excluding hydrogens is 248 g/mol. The highest BCUT2D eigenvalue weighted by Gasteiger charge is 2.20. The predicted octanol–water partition coefficient (Wildman–Crippen LogP) is 2.50. The number of hydrogen-bond acceptors (Lipinski definition) is 3. The fourth-order valence-electron chi connectivity index (χ4n) is 3.17. The van der Waals surface area contributed by atoms with Crippen LogP contribution in [0.2, 0.25) is 0 Å². The molecule has 2 heterocycles. The highest BCUT2D eigenvalue weighted by atomic mass is 16.5. The van der Waals surface area contributed by atoms with Crippen molar-refractivity contribution < 1.29 is 4.74 Å². The van der Waals surface area contributed by atoms with E-state index in [0.717, 1.165) is 39.4 Å². The minimum Gasteiger partial charge on any atom is -0.379 e. The Bertz CT molecular complexity index is 452. The number of nitrogens with zero attached hydrogens (tertiary/aromatic N) is 2. The smallest absolute Gasteiger partial charge is 0.0594 e. The first kappa shape index (κ1) is 13.9. The van der Waals surface area contributed by atoms with Crippen LogP contribution in [0.25, 0.3) is 0 Å². The van der Waals surface area contributed by atoms with Crippen LogP contribution in [0.3, 0.4) is 0 Å². The molecule has 0 spiro atoms. The van der Waals surface area contributed by atoms with Crippen LogP contribution in [0.1, 0.15) is 30.9 Å². The molecule has 0 aliphatic carbocycles. The van der Waals surface area contributed by atoms with E-state index in [9.17, 15) is 0 Å². The Labute approximate surface area is 122 Å². The Balaban J connectivity index is 1.61. The summed E-state index contributed by atoms with van der Waals surface area (Å²) in [6.45, 7) is 12.0. The number of fused-ring (bicyclic) bond motifs is 1. The zero-order valence-corrected chi connectivity index (χ0v) is 12.8. The summed E-state index contributed by atoms with van der Waals surface area (Å²) < 4.78 is 5.41. The van der Waals surface area contributed by atoms with E-state index in [1.54, 1.807) is 0 Å². The number of anilines is 1. The van der Waals surface area contributed by atoms with Crippen LogP contribution >= 0.6 is 0 Å². The first-order valence-corrected chi connectivity index (χ1v) is 7.92. The quantitative estimate of drug-likeness (QED) is 0.839. The van der Waals surface area contributed by atoms with E-state index in [1.165, 1.54) is 29.8 Å². The van der Waals surface area contributed by atoms with Gasteiger partial charge in [0.25, 0.3) is 0 Å². The summed E-state index contributed by atoms with van der Waals surface area (Å²) >= 11 is 0. The summed E-state index contributed by atoms with van der Waals surface area (Å²) in [7, 11) is 0. The zero-order chi connectivity index (χ0) is 13.9. The van der Waals surface area contributed by atoms with Gasteiger partial charge in [-0.15, -0.1) is 0 Å². The lowest BCUT2D eigenvalue weighted by Gasteiger charge is -2.29. The number of benzene rings is 1. The number of rotatable bonds is 4. The standard InChI is InChI=1S/C17H26N2O/c1-14(2)15-3-4-17-16(13-15)5-6-19(17)8-7-18-9-11-20-12-10-18/h3-4,13-14H,5-12H2,1-2H3. The summed E-state index contributed by atoms with van der Waals surface area (Å²) in [6, 6.07) is 7.04. The number of ether oxygens (including phenoxy) is 1. The van der Waals surface area contributed by atoms with Crippen LogP contribution < -0.4 is 4.90 Å². The average Bonchev–Trinajstić information content (AvgIpc) is 2.88. The number of hydrogen-bond donors (Lipinski definition) is 0. The van der Waals surface area contributed by atoms with Gasteiger partial charge in [-0.1, -0.05) is 26.0 Å². The van der Waals surface area contributed by atoms with Gasteiger partial charge in [0.15, 0.2) is 0 Å². The van der Waals surface area contributed by atoms with Crippen molar-refractivity contribution in [2.45, 2.75) is 26.2 Å². The highest BCUT2D eigenvalue weighted by molar-refractivity contribution is 5.59. The van der Waals surface area contributed by atoms with Gasteiger partial charge in [-0.3, -0.25) is 4.90 Å². The first-order chi connectivity index (χ1) is 9.74. The molecule has 0 radical (unpaired) electrons. The van der Waals surface area contributed by atoms with E-state index in [1.807, 2.05) is 0 Å². The van der Waals surface area contributed by atoms with Crippen molar-refractivity contribution in [3.05, 3.63) is 29.3 Å². The number of morpholine rings is 1. The lowest BCUT2D eigenvalue weighted by atomic mass is 10.00. The molecule has 3 heteroatoms. The molecule has 2 aliphatic heterocycles. The Hall–Kier alpha value is -1.06. The Kier molecular flexibility index (Phi) is 4.27. The molecule has 0 atom stereocenters. The van der Waals surface area contributed by atoms with E-state index >= 15 is 0 Å². The third-order valence-corrected chi connectivity index (χ3v) is 4.55. The fourth-order valence-corrected chi connectivity index (χ4v) is 3.17. The first-order valence-electron chi connectivity index (χ1n) is 7.92. The Morgan fingerprint density at radius 2 is 1.90 bits per heavy atom. The zero-order valence-electron chi connectivity index (χ0n) is 12.8. The largest absolute Gasteiger partial charge is 0.379 e. The van der Waals surface area contributed by atoms with Crippen molar-refractivity contribution in [3.63, 3.8) is 0 Å². The summed E-state index contributed by atoms with van der Waals surface area (Å²) in [6.07, 6.45) is 1.21. The van der Waals surface area contributed by atoms with Crippen LogP contribution in [0, 0.1) is 0 Å². The molecule has 0 N–H and O–H groups in total. The topological polar surface area (TPSA) is 15.7 Å². The van der Waals surface area contributed by atoms with Crippen molar-refractivity contribution in [2.24, 2.45) is 0 Å². The molecule has 0 bridgehead atoms. The molecule has 0 saturated carbocycles. The van der Waals surface area contributed by atoms with Gasteiger partial charge in [-0.2, -0.15) is 0 Å². The molecule has 0 amide bonds. The van der Waals surface area contributed by atoms with Crippen LogP contribution in [-0.2, 0) is 11.2 Å². The molecule has 0 unspecified atom stereocenters. The van der Waals surface area contributed by atoms with Gasteiger partial charge >= 0.3 is 0 Å². The van der Waals surface area contributed by atoms with Gasteiger partial charge in [0.05, 0.1) is 13.2 Å². The minimum atomic E-state index is 0.627. The maximum absolute atomic E-state index is 5.41. The van der Waals surface area contributed by atoms with Crippen molar-refractivity contribution in [2.75, 3.05) is 50.8 Å². The van der Waals surface area contributed by atoms with Crippen molar-refractivity contribution in [1.29, 1.82) is 0 Å². The van der Waals surface area contributed by atoms with Crippen LogP contribution in [0.5, 0.6) is 0 Å². The maximum atomic E-state index is 5.41. The van der Waals surface area contributed by atoms with Crippen LogP contribution in [0.4, 0.5) is 5.69 Å². The summed E-state index contributed by atoms with van der Waals surface area (Å²) in [5, 5.41) is 0. The molecule has 20 heavy (non-hydrogen) atoms. The molecule has 3 rings (SSSR count). The van der Waals surface area contributed by atoms with Crippen molar-refractivity contribution >= 4 is 5.69 Å². The molecule has 1 saturated heterocycles. The second-order valence-electron chi connectivity index (χ2n) is 6.23. The molecule has 0 aromatic heterocycles. The third kappa shape index (κ3) is 2.99. The summed E-state index contributed by atoms with van der Waals surface area (Å²) in [5.41, 5.74) is 4.47. The monoisotopic (exact) mass is 274 g/mol. The van der Waals surface area contributed by atoms with Gasteiger partial charge in [0.1, 0.15) is 0 Å². The van der Waals surface area contributed by atoms with Gasteiger partial charge in [0.2, 0.25) is 0 Å². The summed E-state index contributed by atoms with van der Waals surface area (Å²) in [4.78, 5) is 5.07. The van der Waals surface area contributed by atoms with Gasteiger partial charge < -0.3 is 9.64 Å². The van der Waals surface area contributed by atoms with E-state index in [0.29, 0.717) is 5.92 Å². The van der Waals surface area contributed by atoms with Gasteiger partial charge in [-0.05, 0) is 29.5 Å². The maximum Gasteiger partial charge on any atom is 0.0594 e. The van der Waals surface area contributed by atoms with E-state index in [-0.39, 0.29) is 0 Å². The van der Waals surface area contributed by atoms with Gasteiger partial charge in [0, 0.05) is 38.4 Å². The van der Waals surface area contributed by atoms with E-state index < -0.39 is 0 Å². The molecule has 2 aliphatic rings. The molecular formula is C17H26N2O. The van der Waals surface area contributed by atoms with E-state index in [4.69, 9.17) is 4.74 Å². The van der Waals surface area contributed by atoms with Crippen molar-refractivity contribution in [3.8, 4) is 0 Å². The average molecular weight is 274 g/mol. The van der Waals surface area contributed by atoms with Gasteiger partial charge in [-0.25, -0.2) is 0 Å². The molecule has 1 aromatic carbocycles. The minimum absolute atomic E-state index is 0.627. The Morgan fingerprint density at radius 3 is 2.65 bits per heavy atom. The normalized spacial score (nSPS) is 19.6. The molecule has 3 nitrogen and oxygen atoms in total. The Morgan fingerprint density at radius 1 is 1.10 bits per heavy atom. The lowest BCUT2D eigenvalue weighted by Crippen LogP contribution is -2.41. The van der Waals surface area contributed by atoms with Crippen LogP contribution in [-0.4, -0.2) is 50.8 Å². The van der Waals surface area contributed by atoms with Crippen molar-refractivity contribution in [1.82, 2.24) is 4.90 Å². The third-order valence-electron chi connectivity index (χ3n) is 4.55. The lowest BCUT2D eigenvalue weighted by molar-refractivity contribution is 0.0392.